The molecule has 0 amide bonds. The summed E-state index contributed by atoms with van der Waals surface area (Å²) in [6, 6.07) is 12.8. The number of hydrogen-bond acceptors (Lipinski definition) is 3. The van der Waals surface area contributed by atoms with Crippen molar-refractivity contribution in [2.24, 2.45) is 0 Å². The number of nitrogens with zero attached hydrogens (tertiary/aromatic N) is 2. The third-order valence-electron chi connectivity index (χ3n) is 1.91. The summed E-state index contributed by atoms with van der Waals surface area (Å²) in [5.74, 6) is 1.18. The van der Waals surface area contributed by atoms with Crippen LogP contribution in [-0.2, 0) is 0 Å². The van der Waals surface area contributed by atoms with Gasteiger partial charge >= 0.3 is 0 Å². The topological polar surface area (TPSA) is 45.9 Å². The number of aromatic nitrogens is 1. The van der Waals surface area contributed by atoms with Gasteiger partial charge in [-0.15, -0.1) is 0 Å². The zero-order valence-corrected chi connectivity index (χ0v) is 8.98. The number of ether oxygens (including phenoxy) is 1. The normalized spacial score (nSPS) is 9.50. The number of pyridine rings is 1. The van der Waals surface area contributed by atoms with Crippen LogP contribution in [0.25, 0.3) is 0 Å². The fourth-order valence-electron chi connectivity index (χ4n) is 1.19. The number of halogens is 1. The minimum atomic E-state index is 0.183. The molecule has 2 aromatic rings. The van der Waals surface area contributed by atoms with E-state index < -0.39 is 0 Å². The number of para-hydroxylation sites is 1. The second-order valence-electron chi connectivity index (χ2n) is 3.04. The molecular weight excluding hydrogens is 224 g/mol. The van der Waals surface area contributed by atoms with E-state index in [2.05, 4.69) is 4.98 Å². The molecule has 4 heteroatoms. The highest BCUT2D eigenvalue weighted by atomic mass is 35.5. The van der Waals surface area contributed by atoms with Gasteiger partial charge in [0.15, 0.2) is 0 Å². The maximum atomic E-state index is 8.78. The second kappa shape index (κ2) is 4.65. The van der Waals surface area contributed by atoms with Crippen LogP contribution in [0.3, 0.4) is 0 Å². The standard InChI is InChI=1S/C12H7ClN2O/c13-12-9(7-14)6-11(8-15-12)16-10-4-2-1-3-5-10/h1-6,8H. The van der Waals surface area contributed by atoms with Crippen molar-refractivity contribution in [3.8, 4) is 17.6 Å². The van der Waals surface area contributed by atoms with Gasteiger partial charge in [0.1, 0.15) is 22.7 Å². The van der Waals surface area contributed by atoms with Crippen LogP contribution < -0.4 is 4.74 Å². The molecule has 0 aliphatic rings. The molecule has 0 spiro atoms. The Labute approximate surface area is 97.9 Å². The average molecular weight is 231 g/mol. The van der Waals surface area contributed by atoms with Crippen LogP contribution in [0.15, 0.2) is 42.6 Å². The van der Waals surface area contributed by atoms with E-state index in [0.717, 1.165) is 0 Å². The van der Waals surface area contributed by atoms with E-state index >= 15 is 0 Å². The van der Waals surface area contributed by atoms with Gasteiger partial charge in [0, 0.05) is 6.07 Å². The van der Waals surface area contributed by atoms with E-state index in [1.807, 2.05) is 36.4 Å². The number of benzene rings is 1. The molecule has 2 rings (SSSR count). The average Bonchev–Trinajstić information content (AvgIpc) is 2.33. The van der Waals surface area contributed by atoms with E-state index in [1.165, 1.54) is 6.20 Å². The molecule has 0 radical (unpaired) electrons. The van der Waals surface area contributed by atoms with E-state index in [-0.39, 0.29) is 5.15 Å². The molecule has 1 heterocycles. The fraction of sp³-hybridized carbons (Fsp3) is 0. The molecule has 0 fully saturated rings. The predicted octanol–water partition coefficient (Wildman–Crippen LogP) is 3.40. The molecule has 3 nitrogen and oxygen atoms in total. The number of rotatable bonds is 2. The summed E-state index contributed by atoms with van der Waals surface area (Å²) in [5, 5.41) is 8.96. The maximum Gasteiger partial charge on any atom is 0.147 e. The minimum Gasteiger partial charge on any atom is -0.456 e. The van der Waals surface area contributed by atoms with Crippen molar-refractivity contribution in [2.45, 2.75) is 0 Å². The molecule has 0 aliphatic carbocycles. The largest absolute Gasteiger partial charge is 0.456 e. The van der Waals surface area contributed by atoms with Gasteiger partial charge < -0.3 is 4.74 Å². The Balaban J connectivity index is 2.27. The number of nitriles is 1. The molecule has 0 aliphatic heterocycles. The van der Waals surface area contributed by atoms with Gasteiger partial charge in [-0.3, -0.25) is 0 Å². The Bertz CT molecular complexity index is 534. The van der Waals surface area contributed by atoms with Crippen molar-refractivity contribution in [3.05, 3.63) is 53.3 Å². The monoisotopic (exact) mass is 230 g/mol. The summed E-state index contributed by atoms with van der Waals surface area (Å²) in [6.07, 6.45) is 1.48. The van der Waals surface area contributed by atoms with Crippen LogP contribution in [0.4, 0.5) is 0 Å². The van der Waals surface area contributed by atoms with Gasteiger partial charge in [-0.25, -0.2) is 4.98 Å². The van der Waals surface area contributed by atoms with Gasteiger partial charge in [0.25, 0.3) is 0 Å². The maximum absolute atomic E-state index is 8.78. The van der Waals surface area contributed by atoms with Crippen LogP contribution in [0.1, 0.15) is 5.56 Å². The second-order valence-corrected chi connectivity index (χ2v) is 3.39. The highest BCUT2D eigenvalue weighted by Crippen LogP contribution is 2.23. The van der Waals surface area contributed by atoms with Crippen LogP contribution in [0.5, 0.6) is 11.5 Å². The van der Waals surface area contributed by atoms with Crippen LogP contribution >= 0.6 is 11.6 Å². The Morgan fingerprint density at radius 1 is 1.19 bits per heavy atom. The first-order chi connectivity index (χ1) is 7.79. The van der Waals surface area contributed by atoms with Crippen molar-refractivity contribution in [2.75, 3.05) is 0 Å². The SMILES string of the molecule is N#Cc1cc(Oc2ccccc2)cnc1Cl. The first-order valence-corrected chi connectivity index (χ1v) is 4.96. The molecular formula is C12H7ClN2O. The van der Waals surface area contributed by atoms with E-state index in [4.69, 9.17) is 21.6 Å². The third kappa shape index (κ3) is 2.30. The molecule has 16 heavy (non-hydrogen) atoms. The van der Waals surface area contributed by atoms with Crippen molar-refractivity contribution in [1.82, 2.24) is 4.98 Å². The minimum absolute atomic E-state index is 0.183. The van der Waals surface area contributed by atoms with E-state index in [1.54, 1.807) is 6.07 Å². The lowest BCUT2D eigenvalue weighted by Crippen LogP contribution is -1.88. The lowest BCUT2D eigenvalue weighted by atomic mass is 10.3. The van der Waals surface area contributed by atoms with Gasteiger partial charge in [0.05, 0.1) is 11.8 Å². The summed E-state index contributed by atoms with van der Waals surface area (Å²) in [6.45, 7) is 0. The fourth-order valence-corrected chi connectivity index (χ4v) is 1.33. The van der Waals surface area contributed by atoms with Crippen LogP contribution in [0, 0.1) is 11.3 Å². The zero-order valence-electron chi connectivity index (χ0n) is 8.22. The summed E-state index contributed by atoms with van der Waals surface area (Å²) < 4.78 is 5.50. The lowest BCUT2D eigenvalue weighted by Gasteiger charge is -2.05. The van der Waals surface area contributed by atoms with E-state index in [0.29, 0.717) is 17.1 Å². The molecule has 0 atom stereocenters. The Morgan fingerprint density at radius 2 is 1.94 bits per heavy atom. The highest BCUT2D eigenvalue weighted by molar-refractivity contribution is 6.30. The number of hydrogen-bond donors (Lipinski definition) is 0. The molecule has 78 valence electrons. The Morgan fingerprint density at radius 3 is 2.62 bits per heavy atom. The van der Waals surface area contributed by atoms with Gasteiger partial charge in [-0.1, -0.05) is 29.8 Å². The first-order valence-electron chi connectivity index (χ1n) is 4.58. The van der Waals surface area contributed by atoms with Gasteiger partial charge in [0.2, 0.25) is 0 Å². The lowest BCUT2D eigenvalue weighted by molar-refractivity contribution is 0.480. The quantitative estimate of drug-likeness (QED) is 0.743. The molecule has 0 saturated carbocycles. The summed E-state index contributed by atoms with van der Waals surface area (Å²) in [5.41, 5.74) is 0.301. The van der Waals surface area contributed by atoms with E-state index in [9.17, 15) is 0 Å². The Hall–Kier alpha value is -2.05. The predicted molar refractivity (Wildman–Crippen MR) is 60.5 cm³/mol. The van der Waals surface area contributed by atoms with Crippen molar-refractivity contribution < 1.29 is 4.74 Å². The van der Waals surface area contributed by atoms with Gasteiger partial charge in [-0.2, -0.15) is 5.26 Å². The summed E-state index contributed by atoms with van der Waals surface area (Å²) in [4.78, 5) is 3.86. The first kappa shape index (κ1) is 10.5. The highest BCUT2D eigenvalue weighted by Gasteiger charge is 2.04. The summed E-state index contributed by atoms with van der Waals surface area (Å²) >= 11 is 5.71. The smallest absolute Gasteiger partial charge is 0.147 e. The Kier molecular flexibility index (Phi) is 3.04. The van der Waals surface area contributed by atoms with Crippen molar-refractivity contribution in [3.63, 3.8) is 0 Å². The van der Waals surface area contributed by atoms with Crippen molar-refractivity contribution in [1.29, 1.82) is 5.26 Å². The summed E-state index contributed by atoms with van der Waals surface area (Å²) in [7, 11) is 0. The third-order valence-corrected chi connectivity index (χ3v) is 2.21. The molecule has 0 unspecified atom stereocenters. The molecule has 0 saturated heterocycles. The van der Waals surface area contributed by atoms with Crippen molar-refractivity contribution >= 4 is 11.6 Å². The molecule has 1 aromatic heterocycles. The van der Waals surface area contributed by atoms with Gasteiger partial charge in [-0.05, 0) is 12.1 Å². The molecule has 1 aromatic carbocycles. The molecule has 0 N–H and O–H groups in total. The molecule has 0 bridgehead atoms. The van der Waals surface area contributed by atoms with Crippen LogP contribution in [0.2, 0.25) is 5.15 Å². The van der Waals surface area contributed by atoms with Crippen LogP contribution in [-0.4, -0.2) is 4.98 Å². The zero-order chi connectivity index (χ0) is 11.4.